The zero-order valence-corrected chi connectivity index (χ0v) is 16.5. The lowest BCUT2D eigenvalue weighted by molar-refractivity contribution is 0.0302. The van der Waals surface area contributed by atoms with Crippen LogP contribution in [0.25, 0.3) is 0 Å². The zero-order chi connectivity index (χ0) is 19.3. The van der Waals surface area contributed by atoms with Crippen LogP contribution < -0.4 is 5.49 Å². The number of allylic oxidation sites excluding steroid dienone is 4. The molecule has 0 atom stereocenters. The average molecular weight is 355 g/mol. The van der Waals surface area contributed by atoms with E-state index in [-0.39, 0.29) is 5.91 Å². The van der Waals surface area contributed by atoms with E-state index in [0.29, 0.717) is 37.6 Å². The largest absolute Gasteiger partial charge is 0.378 e. The number of amides is 1. The van der Waals surface area contributed by atoms with Gasteiger partial charge in [-0.3, -0.25) is 4.79 Å². The molecule has 1 aromatic heterocycles. The number of hydrogen-bond acceptors (Lipinski definition) is 3. The summed E-state index contributed by atoms with van der Waals surface area (Å²) in [5.41, 5.74) is 5.25. The maximum absolute atomic E-state index is 12.8. The molecule has 1 saturated heterocycles. The van der Waals surface area contributed by atoms with Crippen molar-refractivity contribution in [1.82, 2.24) is 9.47 Å². The minimum absolute atomic E-state index is 0.0240. The first-order valence-electron chi connectivity index (χ1n) is 8.90. The molecule has 2 rings (SSSR count). The maximum atomic E-state index is 12.8. The summed E-state index contributed by atoms with van der Waals surface area (Å²) in [6, 6.07) is 3.75. The first kappa shape index (κ1) is 19.9. The fourth-order valence-electron chi connectivity index (χ4n) is 2.57. The molecule has 0 spiro atoms. The van der Waals surface area contributed by atoms with Gasteiger partial charge in [0.2, 0.25) is 0 Å². The molecule has 5 heteroatoms. The Kier molecular flexibility index (Phi) is 6.75. The summed E-state index contributed by atoms with van der Waals surface area (Å²) in [5, 5.41) is 0. The van der Waals surface area contributed by atoms with E-state index in [0.717, 1.165) is 16.8 Å². The predicted molar refractivity (Wildman–Crippen MR) is 105 cm³/mol. The molecule has 26 heavy (non-hydrogen) atoms. The predicted octanol–water partition coefficient (Wildman–Crippen LogP) is 3.13. The number of aromatic nitrogens is 1. The summed E-state index contributed by atoms with van der Waals surface area (Å²) in [4.78, 5) is 19.3. The highest BCUT2D eigenvalue weighted by Crippen LogP contribution is 2.10. The van der Waals surface area contributed by atoms with Gasteiger partial charge in [0.25, 0.3) is 5.91 Å². The maximum Gasteiger partial charge on any atom is 0.254 e. The van der Waals surface area contributed by atoms with Crippen molar-refractivity contribution < 1.29 is 9.53 Å². The second kappa shape index (κ2) is 8.81. The minimum atomic E-state index is 0.0240. The molecular formula is C21H29N3O2. The number of morpholine rings is 1. The standard InChI is InChI=1S/C21H29N3O2/c1-15(2)7-8-16(3)18(5)22-20-14-19(13-17(4)23(20)6)21(25)24-9-11-26-12-10-24/h7-8,13-14H,5,9-12H2,1-4,6H3/b16-8+,22-20?. The van der Waals surface area contributed by atoms with Gasteiger partial charge < -0.3 is 14.2 Å². The first-order chi connectivity index (χ1) is 12.3. The molecule has 0 bridgehead atoms. The van der Waals surface area contributed by atoms with Crippen molar-refractivity contribution >= 4 is 5.91 Å². The number of aryl methyl sites for hydroxylation is 1. The number of nitrogens with zero attached hydrogens (tertiary/aromatic N) is 3. The van der Waals surface area contributed by atoms with Gasteiger partial charge in [0.1, 0.15) is 5.49 Å². The van der Waals surface area contributed by atoms with Gasteiger partial charge in [0.05, 0.1) is 18.9 Å². The van der Waals surface area contributed by atoms with Crippen molar-refractivity contribution in [1.29, 1.82) is 0 Å². The number of pyridine rings is 1. The summed E-state index contributed by atoms with van der Waals surface area (Å²) in [6.45, 7) is 14.6. The van der Waals surface area contributed by atoms with Gasteiger partial charge >= 0.3 is 0 Å². The Hall–Kier alpha value is -2.40. The fourth-order valence-corrected chi connectivity index (χ4v) is 2.57. The summed E-state index contributed by atoms with van der Waals surface area (Å²) >= 11 is 0. The summed E-state index contributed by atoms with van der Waals surface area (Å²) in [5.74, 6) is 0.0240. The topological polar surface area (TPSA) is 46.8 Å². The zero-order valence-electron chi connectivity index (χ0n) is 16.5. The second-order valence-electron chi connectivity index (χ2n) is 6.86. The van der Waals surface area contributed by atoms with Crippen LogP contribution in [0.2, 0.25) is 0 Å². The van der Waals surface area contributed by atoms with Gasteiger partial charge in [0.15, 0.2) is 0 Å². The van der Waals surface area contributed by atoms with E-state index in [4.69, 9.17) is 4.74 Å². The molecule has 1 aliphatic rings. The Morgan fingerprint density at radius 1 is 1.19 bits per heavy atom. The van der Waals surface area contributed by atoms with Crippen LogP contribution in [0.1, 0.15) is 36.8 Å². The molecule has 0 N–H and O–H groups in total. The molecule has 1 amide bonds. The van der Waals surface area contributed by atoms with Crippen LogP contribution in [-0.2, 0) is 11.8 Å². The molecule has 2 heterocycles. The highest BCUT2D eigenvalue weighted by atomic mass is 16.5. The van der Waals surface area contributed by atoms with Gasteiger partial charge in [-0.15, -0.1) is 0 Å². The van der Waals surface area contributed by atoms with Crippen LogP contribution in [-0.4, -0.2) is 41.7 Å². The van der Waals surface area contributed by atoms with E-state index >= 15 is 0 Å². The van der Waals surface area contributed by atoms with Crippen molar-refractivity contribution in [2.24, 2.45) is 12.0 Å². The van der Waals surface area contributed by atoms with Gasteiger partial charge in [0, 0.05) is 31.4 Å². The van der Waals surface area contributed by atoms with Crippen molar-refractivity contribution in [3.8, 4) is 0 Å². The molecule has 0 aromatic carbocycles. The van der Waals surface area contributed by atoms with E-state index in [9.17, 15) is 4.79 Å². The Morgan fingerprint density at radius 2 is 1.85 bits per heavy atom. The molecule has 140 valence electrons. The Morgan fingerprint density at radius 3 is 2.46 bits per heavy atom. The third kappa shape index (κ3) is 5.05. The van der Waals surface area contributed by atoms with Gasteiger partial charge in [-0.2, -0.15) is 0 Å². The summed E-state index contributed by atoms with van der Waals surface area (Å²) < 4.78 is 7.30. The lowest BCUT2D eigenvalue weighted by atomic mass is 10.1. The molecule has 0 aliphatic carbocycles. The number of rotatable bonds is 4. The summed E-state index contributed by atoms with van der Waals surface area (Å²) in [6.07, 6.45) is 4.05. The quantitative estimate of drug-likeness (QED) is 0.779. The monoisotopic (exact) mass is 355 g/mol. The molecule has 0 saturated carbocycles. The van der Waals surface area contributed by atoms with Crippen molar-refractivity contribution in [2.45, 2.75) is 27.7 Å². The van der Waals surface area contributed by atoms with E-state index in [1.165, 1.54) is 5.57 Å². The Labute approximate surface area is 156 Å². The van der Waals surface area contributed by atoms with Crippen molar-refractivity contribution in [2.75, 3.05) is 26.3 Å². The third-order valence-corrected chi connectivity index (χ3v) is 4.44. The van der Waals surface area contributed by atoms with Crippen LogP contribution in [0.15, 0.2) is 52.7 Å². The normalized spacial score (nSPS) is 15.8. The molecule has 1 aromatic rings. The molecule has 0 unspecified atom stereocenters. The Bertz CT molecular complexity index is 818. The van der Waals surface area contributed by atoms with Crippen LogP contribution in [0.3, 0.4) is 0 Å². The van der Waals surface area contributed by atoms with Crippen LogP contribution in [0, 0.1) is 6.92 Å². The third-order valence-electron chi connectivity index (χ3n) is 4.44. The summed E-state index contributed by atoms with van der Waals surface area (Å²) in [7, 11) is 1.94. The number of ether oxygens (including phenoxy) is 1. The van der Waals surface area contributed by atoms with E-state index < -0.39 is 0 Å². The van der Waals surface area contributed by atoms with E-state index in [1.807, 2.05) is 68.5 Å². The Balaban J connectivity index is 2.38. The highest BCUT2D eigenvalue weighted by Gasteiger charge is 2.19. The number of carbonyl (C=O) groups excluding carboxylic acids is 1. The second-order valence-corrected chi connectivity index (χ2v) is 6.86. The van der Waals surface area contributed by atoms with Crippen molar-refractivity contribution in [3.05, 3.63) is 64.5 Å². The van der Waals surface area contributed by atoms with E-state index in [1.54, 1.807) is 0 Å². The van der Waals surface area contributed by atoms with Crippen molar-refractivity contribution in [3.63, 3.8) is 0 Å². The van der Waals surface area contributed by atoms with Gasteiger partial charge in [-0.25, -0.2) is 4.99 Å². The van der Waals surface area contributed by atoms with Crippen LogP contribution >= 0.6 is 0 Å². The van der Waals surface area contributed by atoms with Gasteiger partial charge in [-0.1, -0.05) is 24.3 Å². The minimum Gasteiger partial charge on any atom is -0.378 e. The smallest absolute Gasteiger partial charge is 0.254 e. The molecule has 0 radical (unpaired) electrons. The average Bonchev–Trinajstić information content (AvgIpc) is 2.63. The SMILES string of the molecule is C=C(N=c1cc(C(=O)N2CCOCC2)cc(C)n1C)/C(C)=C/C=C(C)C. The molecule has 1 fully saturated rings. The molecule has 5 nitrogen and oxygen atoms in total. The molecular weight excluding hydrogens is 326 g/mol. The number of hydrogen-bond donors (Lipinski definition) is 0. The van der Waals surface area contributed by atoms with Crippen LogP contribution in [0.4, 0.5) is 0 Å². The first-order valence-corrected chi connectivity index (χ1v) is 8.90. The lowest BCUT2D eigenvalue weighted by Gasteiger charge is -2.27. The lowest BCUT2D eigenvalue weighted by Crippen LogP contribution is -2.41. The highest BCUT2D eigenvalue weighted by molar-refractivity contribution is 5.94. The van der Waals surface area contributed by atoms with E-state index in [2.05, 4.69) is 11.6 Å². The van der Waals surface area contributed by atoms with Crippen LogP contribution in [0.5, 0.6) is 0 Å². The molecule has 1 aliphatic heterocycles. The number of carbonyl (C=O) groups is 1. The van der Waals surface area contributed by atoms with Gasteiger partial charge in [-0.05, 0) is 45.4 Å². The fraction of sp³-hybridized carbons (Fsp3) is 0.429.